The maximum absolute atomic E-state index is 12.4. The molecule has 8 heteroatoms. The molecule has 132 valence electrons. The number of imide groups is 1. The van der Waals surface area contributed by atoms with E-state index in [0.717, 1.165) is 8.47 Å². The highest BCUT2D eigenvalue weighted by atomic mass is 127. The Balaban J connectivity index is 1.54. The molecular weight excluding hydrogens is 459 g/mol. The normalized spacial score (nSPS) is 12.9. The van der Waals surface area contributed by atoms with E-state index in [2.05, 4.69) is 37.9 Å². The van der Waals surface area contributed by atoms with E-state index >= 15 is 0 Å². The highest BCUT2D eigenvalue weighted by Crippen LogP contribution is 2.26. The number of carbonyl (C=O) groups is 3. The number of hydrogen-bond donors (Lipinski definition) is 1. The van der Waals surface area contributed by atoms with Crippen LogP contribution in [0.5, 0.6) is 0 Å². The molecule has 0 saturated heterocycles. The fourth-order valence-electron chi connectivity index (χ4n) is 2.69. The van der Waals surface area contributed by atoms with Crippen LogP contribution in [0.15, 0.2) is 60.9 Å². The summed E-state index contributed by atoms with van der Waals surface area (Å²) in [4.78, 5) is 46.1. The van der Waals surface area contributed by atoms with Gasteiger partial charge in [-0.2, -0.15) is 0 Å². The van der Waals surface area contributed by atoms with Crippen LogP contribution >= 0.6 is 22.6 Å². The van der Waals surface area contributed by atoms with E-state index in [0.29, 0.717) is 16.9 Å². The first kappa shape index (κ1) is 17.3. The molecule has 3 aromatic rings. The minimum absolute atomic E-state index is 0.0306. The molecule has 0 aliphatic carbocycles. The molecule has 0 fully saturated rings. The zero-order valence-electron chi connectivity index (χ0n) is 13.7. The number of amides is 3. The number of anilines is 2. The number of rotatable bonds is 3. The summed E-state index contributed by atoms with van der Waals surface area (Å²) in [5.41, 5.74) is 1.51. The minimum atomic E-state index is -0.529. The predicted molar refractivity (Wildman–Crippen MR) is 107 cm³/mol. The zero-order chi connectivity index (χ0) is 19.0. The van der Waals surface area contributed by atoms with Gasteiger partial charge in [0.2, 0.25) is 0 Å². The molecule has 0 radical (unpaired) electrons. The monoisotopic (exact) mass is 470 g/mol. The second-order valence-corrected chi connectivity index (χ2v) is 6.95. The highest BCUT2D eigenvalue weighted by molar-refractivity contribution is 14.1. The van der Waals surface area contributed by atoms with Crippen molar-refractivity contribution in [2.45, 2.75) is 0 Å². The van der Waals surface area contributed by atoms with Gasteiger partial charge in [-0.15, -0.1) is 0 Å². The number of carbonyl (C=O) groups excluding carboxylic acids is 3. The molecule has 0 saturated carbocycles. The number of benzene rings is 2. The minimum Gasteiger partial charge on any atom is -0.322 e. The van der Waals surface area contributed by atoms with Crippen LogP contribution in [0.2, 0.25) is 0 Å². The molecule has 2 heterocycles. The summed E-state index contributed by atoms with van der Waals surface area (Å²) in [7, 11) is 0. The van der Waals surface area contributed by atoms with Crippen LogP contribution in [-0.2, 0) is 0 Å². The van der Waals surface area contributed by atoms with E-state index in [1.165, 1.54) is 12.4 Å². The Labute approximate surface area is 167 Å². The Bertz CT molecular complexity index is 1030. The summed E-state index contributed by atoms with van der Waals surface area (Å²) in [5.74, 6) is -1.34. The van der Waals surface area contributed by atoms with Crippen LogP contribution in [0.4, 0.5) is 11.4 Å². The number of halogens is 1. The average molecular weight is 470 g/mol. The second kappa shape index (κ2) is 6.88. The quantitative estimate of drug-likeness (QED) is 0.469. The summed E-state index contributed by atoms with van der Waals surface area (Å²) >= 11 is 2.19. The number of hydrogen-bond acceptors (Lipinski definition) is 5. The lowest BCUT2D eigenvalue weighted by molar-refractivity contribution is 0.0922. The van der Waals surface area contributed by atoms with E-state index in [1.807, 2.05) is 24.3 Å². The molecule has 0 unspecified atom stereocenters. The smallest absolute Gasteiger partial charge is 0.286 e. The van der Waals surface area contributed by atoms with Crippen molar-refractivity contribution in [3.05, 3.63) is 81.4 Å². The number of nitrogens with zero attached hydrogens (tertiary/aromatic N) is 3. The summed E-state index contributed by atoms with van der Waals surface area (Å²) in [6.45, 7) is 0. The Morgan fingerprint density at radius 1 is 0.852 bits per heavy atom. The van der Waals surface area contributed by atoms with E-state index in [9.17, 15) is 14.4 Å². The first-order valence-electron chi connectivity index (χ1n) is 7.91. The average Bonchev–Trinajstić information content (AvgIpc) is 2.95. The third-order valence-electron chi connectivity index (χ3n) is 4.00. The molecule has 0 atom stereocenters. The third-order valence-corrected chi connectivity index (χ3v) is 4.72. The van der Waals surface area contributed by atoms with Crippen LogP contribution in [0, 0.1) is 3.57 Å². The van der Waals surface area contributed by atoms with Crippen molar-refractivity contribution in [2.24, 2.45) is 0 Å². The van der Waals surface area contributed by atoms with Crippen LogP contribution < -0.4 is 10.2 Å². The third kappa shape index (κ3) is 3.19. The summed E-state index contributed by atoms with van der Waals surface area (Å²) in [6.07, 6.45) is 2.73. The van der Waals surface area contributed by atoms with E-state index < -0.39 is 11.8 Å². The van der Waals surface area contributed by atoms with Crippen LogP contribution in [0.1, 0.15) is 31.3 Å². The fourth-order valence-corrected chi connectivity index (χ4v) is 3.05. The van der Waals surface area contributed by atoms with Gasteiger partial charge < -0.3 is 5.32 Å². The van der Waals surface area contributed by atoms with Crippen molar-refractivity contribution in [1.29, 1.82) is 0 Å². The molecule has 2 aromatic carbocycles. The van der Waals surface area contributed by atoms with Gasteiger partial charge in [0.05, 0.1) is 5.69 Å². The van der Waals surface area contributed by atoms with Crippen molar-refractivity contribution in [1.82, 2.24) is 9.97 Å². The molecule has 7 nitrogen and oxygen atoms in total. The van der Waals surface area contributed by atoms with Gasteiger partial charge in [-0.3, -0.25) is 14.4 Å². The molecule has 0 bridgehead atoms. The van der Waals surface area contributed by atoms with Gasteiger partial charge in [0, 0.05) is 27.2 Å². The van der Waals surface area contributed by atoms with Crippen molar-refractivity contribution in [3.8, 4) is 0 Å². The lowest BCUT2D eigenvalue weighted by atomic mass is 10.1. The number of nitrogens with one attached hydrogen (secondary N) is 1. The van der Waals surface area contributed by atoms with Gasteiger partial charge in [-0.05, 0) is 71.1 Å². The Kier molecular flexibility index (Phi) is 4.40. The first-order valence-corrected chi connectivity index (χ1v) is 8.99. The second-order valence-electron chi connectivity index (χ2n) is 5.71. The maximum Gasteiger partial charge on any atom is 0.286 e. The van der Waals surface area contributed by atoms with Gasteiger partial charge in [0.25, 0.3) is 17.7 Å². The topological polar surface area (TPSA) is 92.3 Å². The largest absolute Gasteiger partial charge is 0.322 e. The standard InChI is InChI=1S/C19H11IN4O3/c20-12-3-5-13(6-4-12)23-17(25)11-1-7-14(8-2-11)24-18(26)15-16(19(24)27)22-10-9-21-15/h1-10H,(H,23,25). The summed E-state index contributed by atoms with van der Waals surface area (Å²) in [6, 6.07) is 13.6. The van der Waals surface area contributed by atoms with Crippen molar-refractivity contribution in [2.75, 3.05) is 10.2 Å². The number of fused-ring (bicyclic) bond motifs is 1. The molecule has 0 spiro atoms. The van der Waals surface area contributed by atoms with Gasteiger partial charge in [0.1, 0.15) is 0 Å². The first-order chi connectivity index (χ1) is 13.0. The Morgan fingerprint density at radius 3 is 1.96 bits per heavy atom. The summed E-state index contributed by atoms with van der Waals surface area (Å²) < 4.78 is 1.07. The molecule has 1 aliphatic heterocycles. The zero-order valence-corrected chi connectivity index (χ0v) is 15.9. The van der Waals surface area contributed by atoms with Gasteiger partial charge in [0.15, 0.2) is 11.4 Å². The summed E-state index contributed by atoms with van der Waals surface area (Å²) in [5, 5.41) is 2.80. The Hall–Kier alpha value is -3.14. The molecule has 27 heavy (non-hydrogen) atoms. The van der Waals surface area contributed by atoms with Crippen LogP contribution in [-0.4, -0.2) is 27.7 Å². The van der Waals surface area contributed by atoms with Gasteiger partial charge >= 0.3 is 0 Å². The molecule has 3 amide bonds. The van der Waals surface area contributed by atoms with Gasteiger partial charge in [-0.25, -0.2) is 14.9 Å². The fraction of sp³-hybridized carbons (Fsp3) is 0. The highest BCUT2D eigenvalue weighted by Gasteiger charge is 2.39. The predicted octanol–water partition coefficient (Wildman–Crippen LogP) is 3.13. The lowest BCUT2D eigenvalue weighted by Gasteiger charge is -2.13. The van der Waals surface area contributed by atoms with Crippen LogP contribution in [0.3, 0.4) is 0 Å². The maximum atomic E-state index is 12.4. The SMILES string of the molecule is O=C(Nc1ccc(I)cc1)c1ccc(N2C(=O)c3nccnc3C2=O)cc1. The van der Waals surface area contributed by atoms with E-state index in [1.54, 1.807) is 24.3 Å². The molecule has 1 N–H and O–H groups in total. The van der Waals surface area contributed by atoms with E-state index in [4.69, 9.17) is 0 Å². The Morgan fingerprint density at radius 2 is 1.41 bits per heavy atom. The van der Waals surface area contributed by atoms with Gasteiger partial charge in [-0.1, -0.05) is 0 Å². The van der Waals surface area contributed by atoms with Crippen LogP contribution in [0.25, 0.3) is 0 Å². The van der Waals surface area contributed by atoms with E-state index in [-0.39, 0.29) is 17.3 Å². The molecule has 1 aliphatic rings. The van der Waals surface area contributed by atoms with Crippen molar-refractivity contribution >= 4 is 51.7 Å². The molecule has 4 rings (SSSR count). The molecular formula is C19H11IN4O3. The van der Waals surface area contributed by atoms with Crippen molar-refractivity contribution in [3.63, 3.8) is 0 Å². The molecule has 1 aromatic heterocycles. The lowest BCUT2D eigenvalue weighted by Crippen LogP contribution is -2.29. The number of aromatic nitrogens is 2. The van der Waals surface area contributed by atoms with Crippen molar-refractivity contribution < 1.29 is 14.4 Å².